The predicted octanol–water partition coefficient (Wildman–Crippen LogP) is 1.94. The lowest BCUT2D eigenvalue weighted by Gasteiger charge is -2.33. The number of para-hydroxylation sites is 2. The molecule has 7 nitrogen and oxygen atoms in total. The second kappa shape index (κ2) is 6.92. The molecule has 2 aliphatic rings. The van der Waals surface area contributed by atoms with E-state index in [1.807, 2.05) is 25.1 Å². The highest BCUT2D eigenvalue weighted by Gasteiger charge is 2.39. The van der Waals surface area contributed by atoms with Gasteiger partial charge in [-0.15, -0.1) is 0 Å². The molecule has 0 aliphatic carbocycles. The third-order valence-electron chi connectivity index (χ3n) is 4.84. The molecule has 1 amide bonds. The van der Waals surface area contributed by atoms with Crippen molar-refractivity contribution in [3.05, 3.63) is 47.9 Å². The fraction of sp³-hybridized carbons (Fsp3) is 0.421. The van der Waals surface area contributed by atoms with Crippen molar-refractivity contribution in [1.29, 1.82) is 0 Å². The quantitative estimate of drug-likeness (QED) is 0.792. The van der Waals surface area contributed by atoms with Gasteiger partial charge >= 0.3 is 0 Å². The Morgan fingerprint density at radius 3 is 2.63 bits per heavy atom. The molecule has 1 fully saturated rings. The number of rotatable bonds is 4. The lowest BCUT2D eigenvalue weighted by atomic mass is 10.1. The number of carbonyl (C=O) groups excluding carboxylic acids is 1. The summed E-state index contributed by atoms with van der Waals surface area (Å²) in [4.78, 5) is 14.8. The lowest BCUT2D eigenvalue weighted by Crippen LogP contribution is -2.50. The largest absolute Gasteiger partial charge is 0.485 e. The van der Waals surface area contributed by atoms with Crippen molar-refractivity contribution in [2.45, 2.75) is 32.0 Å². The first-order chi connectivity index (χ1) is 12.9. The zero-order valence-electron chi connectivity index (χ0n) is 15.0. The van der Waals surface area contributed by atoms with Crippen molar-refractivity contribution < 1.29 is 27.1 Å². The summed E-state index contributed by atoms with van der Waals surface area (Å²) in [7, 11) is -3.14. The Morgan fingerprint density at radius 2 is 1.96 bits per heavy atom. The molecule has 144 valence electrons. The highest BCUT2D eigenvalue weighted by Crippen LogP contribution is 2.32. The van der Waals surface area contributed by atoms with E-state index in [-0.39, 0.29) is 30.6 Å². The van der Waals surface area contributed by atoms with Gasteiger partial charge in [-0.3, -0.25) is 4.79 Å². The van der Waals surface area contributed by atoms with Gasteiger partial charge in [-0.2, -0.15) is 0 Å². The number of ether oxygens (including phenoxy) is 2. The zero-order chi connectivity index (χ0) is 19.0. The van der Waals surface area contributed by atoms with Crippen LogP contribution >= 0.6 is 0 Å². The van der Waals surface area contributed by atoms with Gasteiger partial charge in [-0.1, -0.05) is 12.1 Å². The molecule has 0 N–H and O–H groups in total. The highest BCUT2D eigenvalue weighted by atomic mass is 32.2. The summed E-state index contributed by atoms with van der Waals surface area (Å²) in [5.41, 5.74) is 0. The number of carbonyl (C=O) groups is 1. The summed E-state index contributed by atoms with van der Waals surface area (Å²) in [6.07, 6.45) is -0.406. The minimum Gasteiger partial charge on any atom is -0.485 e. The van der Waals surface area contributed by atoms with Gasteiger partial charge in [0.2, 0.25) is 6.10 Å². The van der Waals surface area contributed by atoms with Crippen LogP contribution in [-0.4, -0.2) is 49.5 Å². The van der Waals surface area contributed by atoms with Gasteiger partial charge in [0, 0.05) is 6.04 Å². The number of furan rings is 1. The zero-order valence-corrected chi connectivity index (χ0v) is 15.8. The SMILES string of the molecule is Cc1ccc(CN(C(=O)[C@@H]2COc3ccccc3O2)[C@@H]2CCS(=O)(=O)C2)o1. The van der Waals surface area contributed by atoms with Crippen LogP contribution in [0.5, 0.6) is 11.5 Å². The van der Waals surface area contributed by atoms with E-state index in [0.717, 1.165) is 5.76 Å². The molecule has 1 aromatic heterocycles. The molecular weight excluding hydrogens is 370 g/mol. The number of sulfone groups is 1. The van der Waals surface area contributed by atoms with Crippen molar-refractivity contribution in [1.82, 2.24) is 4.90 Å². The van der Waals surface area contributed by atoms with Crippen molar-refractivity contribution in [3.63, 3.8) is 0 Å². The Balaban J connectivity index is 1.57. The summed E-state index contributed by atoms with van der Waals surface area (Å²) in [6.45, 7) is 2.11. The summed E-state index contributed by atoms with van der Waals surface area (Å²) < 4.78 is 41.0. The maximum absolute atomic E-state index is 13.2. The van der Waals surface area contributed by atoms with Crippen LogP contribution in [0.2, 0.25) is 0 Å². The number of fused-ring (bicyclic) bond motifs is 1. The molecule has 0 spiro atoms. The van der Waals surface area contributed by atoms with E-state index in [1.54, 1.807) is 23.1 Å². The van der Waals surface area contributed by atoms with E-state index in [1.165, 1.54) is 0 Å². The van der Waals surface area contributed by atoms with Gasteiger partial charge in [0.05, 0.1) is 18.1 Å². The van der Waals surface area contributed by atoms with E-state index in [0.29, 0.717) is 23.7 Å². The average Bonchev–Trinajstić information content (AvgIpc) is 3.23. The topological polar surface area (TPSA) is 86.0 Å². The smallest absolute Gasteiger partial charge is 0.267 e. The highest BCUT2D eigenvalue weighted by molar-refractivity contribution is 7.91. The van der Waals surface area contributed by atoms with E-state index in [2.05, 4.69) is 0 Å². The fourth-order valence-corrected chi connectivity index (χ4v) is 5.20. The Hall–Kier alpha value is -2.48. The van der Waals surface area contributed by atoms with Crippen molar-refractivity contribution in [3.8, 4) is 11.5 Å². The third-order valence-corrected chi connectivity index (χ3v) is 6.59. The molecule has 1 aromatic carbocycles. The molecular formula is C19H21NO6S. The molecule has 8 heteroatoms. The average molecular weight is 391 g/mol. The molecule has 2 atom stereocenters. The van der Waals surface area contributed by atoms with E-state index < -0.39 is 22.0 Å². The molecule has 0 bridgehead atoms. The van der Waals surface area contributed by atoms with Gasteiger partial charge in [0.25, 0.3) is 5.91 Å². The Morgan fingerprint density at radius 1 is 1.19 bits per heavy atom. The number of benzene rings is 1. The molecule has 2 aliphatic heterocycles. The summed E-state index contributed by atoms with van der Waals surface area (Å²) in [5, 5.41) is 0. The molecule has 1 saturated heterocycles. The van der Waals surface area contributed by atoms with Crippen LogP contribution in [0.25, 0.3) is 0 Å². The standard InChI is InChI=1S/C19H21NO6S/c1-13-6-7-15(25-13)10-20(14-8-9-27(22,23)12-14)19(21)18-11-24-16-4-2-3-5-17(16)26-18/h2-7,14,18H,8-12H2,1H3/t14-,18+/m1/s1. The predicted molar refractivity (Wildman–Crippen MR) is 97.4 cm³/mol. The second-order valence-electron chi connectivity index (χ2n) is 6.90. The Kier molecular flexibility index (Phi) is 4.59. The molecule has 0 unspecified atom stereocenters. The Labute approximate surface area is 157 Å². The number of aryl methyl sites for hydroxylation is 1. The van der Waals surface area contributed by atoms with Crippen LogP contribution < -0.4 is 9.47 Å². The van der Waals surface area contributed by atoms with Gasteiger partial charge in [-0.25, -0.2) is 8.42 Å². The number of hydrogen-bond acceptors (Lipinski definition) is 6. The van der Waals surface area contributed by atoms with Crippen LogP contribution in [-0.2, 0) is 21.2 Å². The fourth-order valence-electron chi connectivity index (χ4n) is 3.47. The van der Waals surface area contributed by atoms with Gasteiger partial charge in [0.15, 0.2) is 21.3 Å². The van der Waals surface area contributed by atoms with Gasteiger partial charge < -0.3 is 18.8 Å². The van der Waals surface area contributed by atoms with Crippen molar-refractivity contribution >= 4 is 15.7 Å². The number of amides is 1. The monoisotopic (exact) mass is 391 g/mol. The maximum atomic E-state index is 13.2. The first-order valence-electron chi connectivity index (χ1n) is 8.86. The van der Waals surface area contributed by atoms with E-state index in [4.69, 9.17) is 13.9 Å². The third kappa shape index (κ3) is 3.80. The van der Waals surface area contributed by atoms with Crippen LogP contribution in [0.15, 0.2) is 40.8 Å². The number of nitrogens with zero attached hydrogens (tertiary/aromatic N) is 1. The minimum atomic E-state index is -3.14. The van der Waals surface area contributed by atoms with E-state index in [9.17, 15) is 13.2 Å². The van der Waals surface area contributed by atoms with Crippen LogP contribution in [0, 0.1) is 6.92 Å². The van der Waals surface area contributed by atoms with Gasteiger partial charge in [0.1, 0.15) is 18.1 Å². The summed E-state index contributed by atoms with van der Waals surface area (Å²) in [6, 6.07) is 10.4. The first-order valence-corrected chi connectivity index (χ1v) is 10.7. The molecule has 0 saturated carbocycles. The first kappa shape index (κ1) is 17.9. The van der Waals surface area contributed by atoms with E-state index >= 15 is 0 Å². The van der Waals surface area contributed by atoms with Crippen LogP contribution in [0.4, 0.5) is 0 Å². The second-order valence-corrected chi connectivity index (χ2v) is 9.13. The van der Waals surface area contributed by atoms with Crippen molar-refractivity contribution in [2.24, 2.45) is 0 Å². The van der Waals surface area contributed by atoms with Gasteiger partial charge in [-0.05, 0) is 37.6 Å². The molecule has 2 aromatic rings. The molecule has 0 radical (unpaired) electrons. The molecule has 27 heavy (non-hydrogen) atoms. The lowest BCUT2D eigenvalue weighted by molar-refractivity contribution is -0.144. The van der Waals surface area contributed by atoms with Crippen molar-refractivity contribution in [2.75, 3.05) is 18.1 Å². The normalized spacial score (nSPS) is 23.1. The summed E-state index contributed by atoms with van der Waals surface area (Å²) in [5.74, 6) is 2.21. The molecule has 3 heterocycles. The van der Waals surface area contributed by atoms with Crippen LogP contribution in [0.1, 0.15) is 17.9 Å². The maximum Gasteiger partial charge on any atom is 0.267 e. The Bertz CT molecular complexity index is 951. The van der Waals surface area contributed by atoms with Crippen LogP contribution in [0.3, 0.4) is 0 Å². The minimum absolute atomic E-state index is 0.0391. The molecule has 4 rings (SSSR count). The number of hydrogen-bond donors (Lipinski definition) is 0. The summed E-state index contributed by atoms with van der Waals surface area (Å²) >= 11 is 0.